The molecule has 3 aliphatic heterocycles. The van der Waals surface area contributed by atoms with Crippen LogP contribution in [0.2, 0.25) is 0 Å². The zero-order chi connectivity index (χ0) is 27.6. The van der Waals surface area contributed by atoms with E-state index < -0.39 is 118 Å². The first-order valence-electron chi connectivity index (χ1n) is 11.6. The molecule has 0 aromatic rings. The van der Waals surface area contributed by atoms with Crippen molar-refractivity contribution in [3.63, 3.8) is 0 Å². The molecule has 0 aliphatic carbocycles. The highest BCUT2D eigenvalue weighted by Crippen LogP contribution is 2.32. The normalized spacial score (nSPS) is 49.0. The Morgan fingerprint density at radius 3 is 1.68 bits per heavy atom. The molecule has 0 aromatic heterocycles. The maximum Gasteiger partial charge on any atom is 0.218 e. The number of carbonyl (C=O) groups excluding carboxylic acids is 1. The fraction of sp³-hybridized carbons (Fsp3) is 0.950. The second-order valence-corrected chi connectivity index (χ2v) is 9.06. The average Bonchev–Trinajstić information content (AvgIpc) is 2.87. The van der Waals surface area contributed by atoms with Gasteiger partial charge in [0.1, 0.15) is 73.2 Å². The van der Waals surface area contributed by atoms with E-state index >= 15 is 0 Å². The number of ether oxygens (including phenoxy) is 5. The third-order valence-corrected chi connectivity index (χ3v) is 6.46. The summed E-state index contributed by atoms with van der Waals surface area (Å²) in [6, 6.07) is 0. The van der Waals surface area contributed by atoms with Crippen LogP contribution in [0.3, 0.4) is 0 Å². The number of aliphatic hydroxyl groups excluding tert-OH is 10. The lowest BCUT2D eigenvalue weighted by Crippen LogP contribution is -2.67. The van der Waals surface area contributed by atoms with Gasteiger partial charge in [0.05, 0.1) is 19.8 Å². The Morgan fingerprint density at radius 1 is 0.622 bits per heavy atom. The van der Waals surface area contributed by atoms with Crippen molar-refractivity contribution in [1.29, 1.82) is 0 Å². The summed E-state index contributed by atoms with van der Waals surface area (Å²) in [5.41, 5.74) is 0. The van der Waals surface area contributed by atoms with Crippen molar-refractivity contribution in [2.45, 2.75) is 99.0 Å². The van der Waals surface area contributed by atoms with Crippen molar-refractivity contribution in [3.05, 3.63) is 0 Å². The minimum absolute atomic E-state index is 0.591. The van der Waals surface area contributed by atoms with E-state index in [4.69, 9.17) is 23.7 Å². The Kier molecular flexibility index (Phi) is 10.5. The van der Waals surface area contributed by atoms with Gasteiger partial charge in [-0.2, -0.15) is 0 Å². The molecule has 216 valence electrons. The highest BCUT2D eigenvalue weighted by molar-refractivity contribution is 5.73. The number of hydrogen-bond acceptors (Lipinski definition) is 16. The molecular weight excluding hydrogens is 510 g/mol. The van der Waals surface area contributed by atoms with Crippen molar-refractivity contribution in [1.82, 2.24) is 5.32 Å². The third kappa shape index (κ3) is 6.38. The Labute approximate surface area is 210 Å². The molecule has 3 saturated heterocycles. The summed E-state index contributed by atoms with van der Waals surface area (Å²) in [6.07, 6.45) is -24.9. The Morgan fingerprint density at radius 2 is 1.14 bits per heavy atom. The van der Waals surface area contributed by atoms with Crippen molar-refractivity contribution in [2.24, 2.45) is 0 Å². The average molecular weight is 545 g/mol. The van der Waals surface area contributed by atoms with Crippen LogP contribution in [0.25, 0.3) is 0 Å². The van der Waals surface area contributed by atoms with Gasteiger partial charge in [0.25, 0.3) is 0 Å². The van der Waals surface area contributed by atoms with Gasteiger partial charge in [-0.05, 0) is 0 Å². The number of aliphatic hydroxyl groups is 10. The highest BCUT2D eigenvalue weighted by atomic mass is 16.7. The predicted octanol–water partition coefficient (Wildman–Crippen LogP) is -7.43. The molecule has 1 unspecified atom stereocenters. The molecule has 3 fully saturated rings. The van der Waals surface area contributed by atoms with Crippen LogP contribution in [0.4, 0.5) is 0 Å². The molecule has 11 N–H and O–H groups in total. The van der Waals surface area contributed by atoms with E-state index in [0.717, 1.165) is 6.92 Å². The number of hydrogen-bond donors (Lipinski definition) is 11. The summed E-state index contributed by atoms with van der Waals surface area (Å²) < 4.78 is 27.0. The van der Waals surface area contributed by atoms with E-state index in [-0.39, 0.29) is 0 Å². The van der Waals surface area contributed by atoms with E-state index in [1.807, 2.05) is 0 Å². The van der Waals surface area contributed by atoms with Crippen LogP contribution < -0.4 is 5.32 Å². The molecule has 0 aromatic carbocycles. The van der Waals surface area contributed by atoms with Crippen LogP contribution in [-0.2, 0) is 28.5 Å². The Balaban J connectivity index is 1.78. The smallest absolute Gasteiger partial charge is 0.218 e. The van der Waals surface area contributed by atoms with Crippen LogP contribution in [0, 0.1) is 0 Å². The second-order valence-electron chi connectivity index (χ2n) is 9.06. The summed E-state index contributed by atoms with van der Waals surface area (Å²) in [4.78, 5) is 11.3. The summed E-state index contributed by atoms with van der Waals surface area (Å²) in [7, 11) is 0. The predicted molar refractivity (Wildman–Crippen MR) is 113 cm³/mol. The molecule has 1 amide bonds. The fourth-order valence-electron chi connectivity index (χ4n) is 4.39. The van der Waals surface area contributed by atoms with E-state index in [2.05, 4.69) is 5.32 Å². The topological polar surface area (TPSA) is 278 Å². The van der Waals surface area contributed by atoms with Gasteiger partial charge in [-0.25, -0.2) is 0 Å². The molecule has 0 radical (unpaired) electrons. The largest absolute Gasteiger partial charge is 0.394 e. The van der Waals surface area contributed by atoms with E-state index in [1.165, 1.54) is 0 Å². The van der Waals surface area contributed by atoms with Crippen molar-refractivity contribution in [3.8, 4) is 0 Å². The van der Waals surface area contributed by atoms with Crippen molar-refractivity contribution in [2.75, 3.05) is 19.8 Å². The lowest BCUT2D eigenvalue weighted by molar-refractivity contribution is -0.374. The van der Waals surface area contributed by atoms with Crippen LogP contribution in [0.15, 0.2) is 0 Å². The fourth-order valence-corrected chi connectivity index (χ4v) is 4.39. The van der Waals surface area contributed by atoms with Gasteiger partial charge in [-0.3, -0.25) is 4.79 Å². The first-order chi connectivity index (χ1) is 17.4. The maximum absolute atomic E-state index is 11.3. The molecule has 3 heterocycles. The lowest BCUT2D eigenvalue weighted by atomic mass is 9.95. The molecule has 17 heteroatoms. The second kappa shape index (κ2) is 12.8. The minimum Gasteiger partial charge on any atom is -0.394 e. The van der Waals surface area contributed by atoms with Gasteiger partial charge in [0.15, 0.2) is 18.8 Å². The third-order valence-electron chi connectivity index (χ3n) is 6.46. The molecule has 3 aliphatic rings. The molecular formula is C20H35NO16. The first kappa shape index (κ1) is 30.4. The minimum atomic E-state index is -1.91. The van der Waals surface area contributed by atoms with Gasteiger partial charge in [0, 0.05) is 6.92 Å². The van der Waals surface area contributed by atoms with Gasteiger partial charge >= 0.3 is 0 Å². The number of nitrogens with one attached hydrogen (secondary N) is 1. The zero-order valence-corrected chi connectivity index (χ0v) is 19.7. The summed E-state index contributed by atoms with van der Waals surface area (Å²) in [6.45, 7) is -1.20. The number of rotatable bonds is 8. The highest BCUT2D eigenvalue weighted by Gasteiger charge is 2.53. The van der Waals surface area contributed by atoms with Crippen molar-refractivity contribution >= 4 is 5.91 Å². The maximum atomic E-state index is 11.3. The molecule has 0 saturated carbocycles. The van der Waals surface area contributed by atoms with Gasteiger partial charge < -0.3 is 80.1 Å². The Bertz CT molecular complexity index is 743. The summed E-state index contributed by atoms with van der Waals surface area (Å²) in [5, 5.41) is 103. The van der Waals surface area contributed by atoms with Crippen LogP contribution >= 0.6 is 0 Å². The molecule has 17 nitrogen and oxygen atoms in total. The van der Waals surface area contributed by atoms with Crippen LogP contribution in [0.1, 0.15) is 6.92 Å². The molecule has 0 bridgehead atoms. The van der Waals surface area contributed by atoms with E-state index in [0.29, 0.717) is 0 Å². The van der Waals surface area contributed by atoms with Gasteiger partial charge in [0.2, 0.25) is 5.91 Å². The van der Waals surface area contributed by atoms with Crippen LogP contribution in [0.5, 0.6) is 0 Å². The quantitative estimate of drug-likeness (QED) is 0.135. The van der Waals surface area contributed by atoms with Crippen LogP contribution in [-0.4, -0.2) is 169 Å². The number of carbonyl (C=O) groups is 1. The van der Waals surface area contributed by atoms with E-state index in [9.17, 15) is 55.9 Å². The lowest BCUT2D eigenvalue weighted by Gasteiger charge is -2.48. The van der Waals surface area contributed by atoms with Gasteiger partial charge in [-0.15, -0.1) is 0 Å². The summed E-state index contributed by atoms with van der Waals surface area (Å²) in [5.74, 6) is -0.591. The molecule has 15 atom stereocenters. The zero-order valence-electron chi connectivity index (χ0n) is 19.7. The molecule has 37 heavy (non-hydrogen) atoms. The van der Waals surface area contributed by atoms with E-state index in [1.54, 1.807) is 0 Å². The summed E-state index contributed by atoms with van der Waals surface area (Å²) >= 11 is 0. The number of amides is 1. The molecule has 0 spiro atoms. The first-order valence-corrected chi connectivity index (χ1v) is 11.6. The van der Waals surface area contributed by atoms with Crippen molar-refractivity contribution < 1.29 is 79.5 Å². The monoisotopic (exact) mass is 545 g/mol. The van der Waals surface area contributed by atoms with Gasteiger partial charge in [-0.1, -0.05) is 0 Å². The Hall–Kier alpha value is -1.13. The SMILES string of the molecule is CC(=O)NC1O[C@H](CO)[C@@H](O[C@@H]2O[C@H](CO)[C@H](O)[C@H](O[C@H]3O[C@H](CO)[C@H](O)[C@H](O)[C@H]3O)[C@H]2O)[C@H](O)[C@H]1O. The molecule has 3 rings (SSSR count). The standard InChI is InChI=1S/C20H35NO16/c1-5(25)21-18-13(30)12(29)16(8(4-24)33-18)36-20-15(32)17(10(27)7(3-23)35-20)37-19-14(31)11(28)9(26)6(2-22)34-19/h6-20,22-24,26-32H,2-4H2,1H3,(H,21,25)/t6-,7-,8-,9+,10+,11+,12-,13-,14-,15-,16-,17+,18?,19-,20+/m1/s1.